The second-order valence-electron chi connectivity index (χ2n) is 6.14. The number of benzene rings is 1. The molecule has 0 radical (unpaired) electrons. The van der Waals surface area contributed by atoms with Gasteiger partial charge in [-0.1, -0.05) is 6.07 Å². The Labute approximate surface area is 129 Å². The third-order valence-corrected chi connectivity index (χ3v) is 4.86. The maximum absolute atomic E-state index is 6.00. The monoisotopic (exact) mass is 338 g/mol. The van der Waals surface area contributed by atoms with Crippen LogP contribution in [0.2, 0.25) is 0 Å². The van der Waals surface area contributed by atoms with Gasteiger partial charge in [-0.25, -0.2) is 0 Å². The summed E-state index contributed by atoms with van der Waals surface area (Å²) in [5.74, 6) is 1.76. The van der Waals surface area contributed by atoms with E-state index in [1.165, 1.54) is 24.9 Å². The van der Waals surface area contributed by atoms with Crippen LogP contribution in [0.15, 0.2) is 22.7 Å². The van der Waals surface area contributed by atoms with Crippen molar-refractivity contribution in [3.63, 3.8) is 0 Å². The molecule has 2 aliphatic heterocycles. The third kappa shape index (κ3) is 3.54. The predicted molar refractivity (Wildman–Crippen MR) is 85.4 cm³/mol. The summed E-state index contributed by atoms with van der Waals surface area (Å²) >= 11 is 3.65. The van der Waals surface area contributed by atoms with Crippen LogP contribution in [0.3, 0.4) is 0 Å². The maximum atomic E-state index is 6.00. The molecule has 3 nitrogen and oxygen atoms in total. The lowest BCUT2D eigenvalue weighted by molar-refractivity contribution is 0.0383. The van der Waals surface area contributed by atoms with Crippen LogP contribution in [-0.4, -0.2) is 44.2 Å². The first-order valence-electron chi connectivity index (χ1n) is 7.55. The minimum atomic E-state index is 0.352. The molecule has 1 atom stereocenters. The fourth-order valence-electron chi connectivity index (χ4n) is 3.09. The minimum absolute atomic E-state index is 0.352. The molecule has 0 bridgehead atoms. The summed E-state index contributed by atoms with van der Waals surface area (Å²) in [5, 5.41) is 3.49. The van der Waals surface area contributed by atoms with E-state index in [1.54, 1.807) is 0 Å². The zero-order valence-corrected chi connectivity index (χ0v) is 13.7. The highest BCUT2D eigenvalue weighted by Crippen LogP contribution is 2.29. The van der Waals surface area contributed by atoms with Gasteiger partial charge in [0.1, 0.15) is 11.9 Å². The van der Waals surface area contributed by atoms with Crippen molar-refractivity contribution < 1.29 is 4.74 Å². The van der Waals surface area contributed by atoms with Gasteiger partial charge in [0.05, 0.1) is 4.47 Å². The Hall–Kier alpha value is -0.580. The Morgan fingerprint density at radius 1 is 1.40 bits per heavy atom. The maximum Gasteiger partial charge on any atom is 0.134 e. The Morgan fingerprint density at radius 2 is 2.25 bits per heavy atom. The van der Waals surface area contributed by atoms with Crippen LogP contribution in [0, 0.1) is 5.92 Å². The van der Waals surface area contributed by atoms with Crippen LogP contribution < -0.4 is 10.1 Å². The lowest BCUT2D eigenvalue weighted by Crippen LogP contribution is -2.51. The van der Waals surface area contributed by atoms with Gasteiger partial charge in [-0.15, -0.1) is 0 Å². The average Bonchev–Trinajstić information content (AvgIpc) is 2.41. The van der Waals surface area contributed by atoms with Gasteiger partial charge >= 0.3 is 0 Å². The highest BCUT2D eigenvalue weighted by Gasteiger charge is 2.25. The van der Waals surface area contributed by atoms with Gasteiger partial charge in [-0.3, -0.25) is 4.90 Å². The number of likely N-dealkylation sites (N-methyl/N-ethyl adjacent to an activating group) is 1. The van der Waals surface area contributed by atoms with E-state index in [0.29, 0.717) is 6.10 Å². The van der Waals surface area contributed by atoms with Crippen LogP contribution in [0.25, 0.3) is 0 Å². The van der Waals surface area contributed by atoms with Gasteiger partial charge in [0.25, 0.3) is 0 Å². The number of hydrogen-bond donors (Lipinski definition) is 1. The summed E-state index contributed by atoms with van der Waals surface area (Å²) in [6.07, 6.45) is 4.17. The molecule has 1 unspecified atom stereocenters. The highest BCUT2D eigenvalue weighted by atomic mass is 79.9. The lowest BCUT2D eigenvalue weighted by atomic mass is 9.92. The summed E-state index contributed by atoms with van der Waals surface area (Å²) < 4.78 is 7.09. The predicted octanol–water partition coefficient (Wildman–Crippen LogP) is 2.68. The number of nitrogens with zero attached hydrogens (tertiary/aromatic N) is 1. The molecule has 1 N–H and O–H groups in total. The highest BCUT2D eigenvalue weighted by molar-refractivity contribution is 9.10. The molecule has 0 aromatic heterocycles. The number of rotatable bonds is 4. The standard InChI is InChI=1S/C16H23BrN2O/c1-19-10-14(11-19)20-16-5-4-12(8-15(16)17)7-13-3-2-6-18-9-13/h4-5,8,13-14,18H,2-3,6-7,9-11H2,1H3. The third-order valence-electron chi connectivity index (χ3n) is 4.24. The minimum Gasteiger partial charge on any atom is -0.487 e. The van der Waals surface area contributed by atoms with Crippen molar-refractivity contribution >= 4 is 15.9 Å². The normalized spacial score (nSPS) is 24.4. The second-order valence-corrected chi connectivity index (χ2v) is 7.00. The van der Waals surface area contributed by atoms with Crippen LogP contribution >= 0.6 is 15.9 Å². The number of halogens is 1. The molecule has 4 heteroatoms. The van der Waals surface area contributed by atoms with Crippen molar-refractivity contribution in [2.24, 2.45) is 5.92 Å². The van der Waals surface area contributed by atoms with Gasteiger partial charge in [0.2, 0.25) is 0 Å². The van der Waals surface area contributed by atoms with Gasteiger partial charge in [0.15, 0.2) is 0 Å². The Kier molecular flexibility index (Phi) is 4.64. The summed E-state index contributed by atoms with van der Waals surface area (Å²) in [6.45, 7) is 4.40. The molecule has 2 heterocycles. The van der Waals surface area contributed by atoms with Crippen molar-refractivity contribution in [3.05, 3.63) is 28.2 Å². The van der Waals surface area contributed by atoms with Gasteiger partial charge < -0.3 is 10.1 Å². The molecule has 0 amide bonds. The molecular formula is C16H23BrN2O. The number of nitrogens with one attached hydrogen (secondary N) is 1. The van der Waals surface area contributed by atoms with Crippen molar-refractivity contribution in [2.45, 2.75) is 25.4 Å². The first-order chi connectivity index (χ1) is 9.70. The van der Waals surface area contributed by atoms with Crippen LogP contribution in [0.4, 0.5) is 0 Å². The van der Waals surface area contributed by atoms with Crippen molar-refractivity contribution in [3.8, 4) is 5.75 Å². The summed E-state index contributed by atoms with van der Waals surface area (Å²) in [5.41, 5.74) is 1.41. The van der Waals surface area contributed by atoms with E-state index in [1.807, 2.05) is 0 Å². The van der Waals surface area contributed by atoms with Gasteiger partial charge in [0, 0.05) is 13.1 Å². The van der Waals surface area contributed by atoms with E-state index in [9.17, 15) is 0 Å². The molecule has 2 saturated heterocycles. The molecule has 1 aromatic carbocycles. The Bertz CT molecular complexity index is 454. The van der Waals surface area contributed by atoms with E-state index >= 15 is 0 Å². The second kappa shape index (κ2) is 6.46. The first-order valence-corrected chi connectivity index (χ1v) is 8.34. The van der Waals surface area contributed by atoms with E-state index in [4.69, 9.17) is 4.74 Å². The molecule has 110 valence electrons. The van der Waals surface area contributed by atoms with Crippen LogP contribution in [-0.2, 0) is 6.42 Å². The summed E-state index contributed by atoms with van der Waals surface area (Å²) in [7, 11) is 2.12. The summed E-state index contributed by atoms with van der Waals surface area (Å²) in [6, 6.07) is 6.57. The first kappa shape index (κ1) is 14.4. The van der Waals surface area contributed by atoms with Gasteiger partial charge in [-0.05, 0) is 78.9 Å². The van der Waals surface area contributed by atoms with E-state index in [2.05, 4.69) is 51.4 Å². The Balaban J connectivity index is 1.58. The zero-order valence-electron chi connectivity index (χ0n) is 12.1. The van der Waals surface area contributed by atoms with Crippen molar-refractivity contribution in [1.82, 2.24) is 10.2 Å². The average molecular weight is 339 g/mol. The molecule has 0 aliphatic carbocycles. The van der Waals surface area contributed by atoms with E-state index in [0.717, 1.165) is 42.2 Å². The number of ether oxygens (including phenoxy) is 1. The number of hydrogen-bond acceptors (Lipinski definition) is 3. The van der Waals surface area contributed by atoms with Crippen molar-refractivity contribution in [2.75, 3.05) is 33.2 Å². The molecule has 0 saturated carbocycles. The molecular weight excluding hydrogens is 316 g/mol. The Morgan fingerprint density at radius 3 is 2.90 bits per heavy atom. The number of likely N-dealkylation sites (tertiary alicyclic amines) is 1. The zero-order chi connectivity index (χ0) is 13.9. The molecule has 0 spiro atoms. The lowest BCUT2D eigenvalue weighted by Gasteiger charge is -2.36. The van der Waals surface area contributed by atoms with Gasteiger partial charge in [-0.2, -0.15) is 0 Å². The van der Waals surface area contributed by atoms with E-state index in [-0.39, 0.29) is 0 Å². The van der Waals surface area contributed by atoms with Crippen molar-refractivity contribution in [1.29, 1.82) is 0 Å². The molecule has 2 fully saturated rings. The smallest absolute Gasteiger partial charge is 0.134 e. The van der Waals surface area contributed by atoms with Crippen LogP contribution in [0.5, 0.6) is 5.75 Å². The quantitative estimate of drug-likeness (QED) is 0.913. The molecule has 2 aliphatic rings. The molecule has 20 heavy (non-hydrogen) atoms. The summed E-state index contributed by atoms with van der Waals surface area (Å²) in [4.78, 5) is 2.27. The topological polar surface area (TPSA) is 24.5 Å². The fourth-order valence-corrected chi connectivity index (χ4v) is 3.61. The van der Waals surface area contributed by atoms with E-state index < -0.39 is 0 Å². The molecule has 1 aromatic rings. The fraction of sp³-hybridized carbons (Fsp3) is 0.625. The SMILES string of the molecule is CN1CC(Oc2ccc(CC3CCCNC3)cc2Br)C1. The number of piperidine rings is 1. The largest absolute Gasteiger partial charge is 0.487 e. The van der Waals surface area contributed by atoms with Crippen LogP contribution in [0.1, 0.15) is 18.4 Å². The molecule has 3 rings (SSSR count).